The fourth-order valence-electron chi connectivity index (χ4n) is 2.89. The first-order chi connectivity index (χ1) is 13.2. The van der Waals surface area contributed by atoms with E-state index in [9.17, 15) is 0 Å². The highest BCUT2D eigenvalue weighted by Crippen LogP contribution is 2.32. The second kappa shape index (κ2) is 10.1. The number of halogens is 2. The lowest BCUT2D eigenvalue weighted by Crippen LogP contribution is -2.16. The fraction of sp³-hybridized carbons (Fsp3) is 0.350. The number of rotatable bonds is 10. The fourth-order valence-corrected chi connectivity index (χ4v) is 4.32. The van der Waals surface area contributed by atoms with E-state index in [1.807, 2.05) is 37.3 Å². The number of H-pyrrole nitrogens is 1. The van der Waals surface area contributed by atoms with E-state index in [1.165, 1.54) is 0 Å². The van der Waals surface area contributed by atoms with E-state index < -0.39 is 0 Å². The molecular formula is C20H24Br2N4O. The first-order valence-electron chi connectivity index (χ1n) is 9.17. The van der Waals surface area contributed by atoms with Crippen molar-refractivity contribution < 1.29 is 4.74 Å². The normalized spacial score (nSPS) is 11.1. The highest BCUT2D eigenvalue weighted by molar-refractivity contribution is 9.11. The average Bonchev–Trinajstić information content (AvgIpc) is 3.06. The zero-order chi connectivity index (χ0) is 19.1. The van der Waals surface area contributed by atoms with Crippen LogP contribution in [0.25, 0.3) is 11.0 Å². The third kappa shape index (κ3) is 5.70. The first kappa shape index (κ1) is 20.2. The van der Waals surface area contributed by atoms with E-state index >= 15 is 0 Å². The van der Waals surface area contributed by atoms with Crippen LogP contribution in [0.3, 0.4) is 0 Å². The summed E-state index contributed by atoms with van der Waals surface area (Å²) in [7, 11) is 0. The number of nitrogens with zero attached hydrogens (tertiary/aromatic N) is 1. The topological polar surface area (TPSA) is 62.0 Å². The SMILES string of the molecule is CCOc1c(Br)cc(Br)cc1CNCCCCNc1nc2ccccc2[nH]1. The molecule has 0 aliphatic heterocycles. The minimum atomic E-state index is 0.653. The van der Waals surface area contributed by atoms with Gasteiger partial charge >= 0.3 is 0 Å². The van der Waals surface area contributed by atoms with E-state index in [4.69, 9.17) is 4.74 Å². The minimum absolute atomic E-state index is 0.653. The van der Waals surface area contributed by atoms with Crippen molar-refractivity contribution in [2.45, 2.75) is 26.3 Å². The van der Waals surface area contributed by atoms with Gasteiger partial charge in [0.1, 0.15) is 5.75 Å². The van der Waals surface area contributed by atoms with Gasteiger partial charge in [-0.1, -0.05) is 28.1 Å². The summed E-state index contributed by atoms with van der Waals surface area (Å²) in [6, 6.07) is 12.2. The smallest absolute Gasteiger partial charge is 0.201 e. The number of aromatic amines is 1. The molecule has 0 spiro atoms. The Hall–Kier alpha value is -1.57. The maximum absolute atomic E-state index is 5.76. The number of benzene rings is 2. The van der Waals surface area contributed by atoms with Crippen LogP contribution in [0, 0.1) is 0 Å². The van der Waals surface area contributed by atoms with Crippen molar-refractivity contribution in [1.29, 1.82) is 0 Å². The van der Waals surface area contributed by atoms with E-state index in [1.54, 1.807) is 0 Å². The summed E-state index contributed by atoms with van der Waals surface area (Å²) in [6.45, 7) is 5.29. The van der Waals surface area contributed by atoms with Crippen LogP contribution in [0.2, 0.25) is 0 Å². The van der Waals surface area contributed by atoms with Crippen LogP contribution in [-0.2, 0) is 6.54 Å². The number of unbranched alkanes of at least 4 members (excludes halogenated alkanes) is 1. The molecule has 0 amide bonds. The second-order valence-corrected chi connectivity index (χ2v) is 7.99. The molecular weight excluding hydrogens is 472 g/mol. The summed E-state index contributed by atoms with van der Waals surface area (Å²) < 4.78 is 7.79. The summed E-state index contributed by atoms with van der Waals surface area (Å²) in [5, 5.41) is 6.86. The predicted octanol–water partition coefficient (Wildman–Crippen LogP) is 5.47. The molecule has 3 aromatic rings. The molecule has 0 unspecified atom stereocenters. The number of hydrogen-bond donors (Lipinski definition) is 3. The van der Waals surface area contributed by atoms with Crippen LogP contribution in [-0.4, -0.2) is 29.7 Å². The van der Waals surface area contributed by atoms with Gasteiger partial charge in [0.2, 0.25) is 5.95 Å². The van der Waals surface area contributed by atoms with Gasteiger partial charge in [-0.3, -0.25) is 0 Å². The van der Waals surface area contributed by atoms with E-state index in [-0.39, 0.29) is 0 Å². The van der Waals surface area contributed by atoms with Crippen LogP contribution in [0.4, 0.5) is 5.95 Å². The molecule has 0 atom stereocenters. The van der Waals surface area contributed by atoms with E-state index in [0.717, 1.165) is 69.7 Å². The van der Waals surface area contributed by atoms with Crippen molar-refractivity contribution in [3.8, 4) is 5.75 Å². The molecule has 5 nitrogen and oxygen atoms in total. The van der Waals surface area contributed by atoms with Crippen molar-refractivity contribution in [3.05, 3.63) is 50.9 Å². The molecule has 0 radical (unpaired) electrons. The standard InChI is InChI=1S/C20H24Br2N4O/c1-2-27-19-14(11-15(21)12-16(19)22)13-23-9-5-6-10-24-20-25-17-7-3-4-8-18(17)26-20/h3-4,7-8,11-12,23H,2,5-6,9-10,13H2,1H3,(H2,24,25,26). The number of aromatic nitrogens is 2. The molecule has 7 heteroatoms. The summed E-state index contributed by atoms with van der Waals surface area (Å²) in [4.78, 5) is 7.81. The zero-order valence-electron chi connectivity index (χ0n) is 15.3. The molecule has 2 aromatic carbocycles. The van der Waals surface area contributed by atoms with E-state index in [0.29, 0.717) is 6.61 Å². The number of imidazole rings is 1. The van der Waals surface area contributed by atoms with Crippen LogP contribution >= 0.6 is 31.9 Å². The van der Waals surface area contributed by atoms with Crippen LogP contribution in [0.5, 0.6) is 5.75 Å². The maximum Gasteiger partial charge on any atom is 0.201 e. The highest BCUT2D eigenvalue weighted by atomic mass is 79.9. The van der Waals surface area contributed by atoms with Gasteiger partial charge in [-0.25, -0.2) is 4.98 Å². The van der Waals surface area contributed by atoms with Crippen molar-refractivity contribution in [1.82, 2.24) is 15.3 Å². The molecule has 27 heavy (non-hydrogen) atoms. The van der Waals surface area contributed by atoms with Gasteiger partial charge in [0.15, 0.2) is 0 Å². The molecule has 0 saturated heterocycles. The largest absolute Gasteiger partial charge is 0.492 e. The van der Waals surface area contributed by atoms with Gasteiger partial charge < -0.3 is 20.4 Å². The summed E-state index contributed by atoms with van der Waals surface area (Å²) >= 11 is 7.12. The van der Waals surface area contributed by atoms with Gasteiger partial charge in [0.05, 0.1) is 22.1 Å². The maximum atomic E-state index is 5.76. The van der Waals surface area contributed by atoms with Gasteiger partial charge in [-0.2, -0.15) is 0 Å². The molecule has 0 fully saturated rings. The summed E-state index contributed by atoms with van der Waals surface area (Å²) in [5.74, 6) is 1.75. The number of fused-ring (bicyclic) bond motifs is 1. The lowest BCUT2D eigenvalue weighted by atomic mass is 10.2. The molecule has 0 saturated carbocycles. The number of nitrogens with one attached hydrogen (secondary N) is 3. The predicted molar refractivity (Wildman–Crippen MR) is 119 cm³/mol. The lowest BCUT2D eigenvalue weighted by molar-refractivity contribution is 0.333. The Balaban J connectivity index is 1.38. The van der Waals surface area contributed by atoms with Crippen molar-refractivity contribution >= 4 is 48.8 Å². The quantitative estimate of drug-likeness (QED) is 0.326. The number of ether oxygens (including phenoxy) is 1. The van der Waals surface area contributed by atoms with Crippen LogP contribution in [0.15, 0.2) is 45.3 Å². The molecule has 0 aliphatic carbocycles. The monoisotopic (exact) mass is 494 g/mol. The van der Waals surface area contributed by atoms with Gasteiger partial charge in [0.25, 0.3) is 0 Å². The Bertz CT molecular complexity index is 849. The molecule has 0 aliphatic rings. The van der Waals surface area contributed by atoms with Crippen molar-refractivity contribution in [2.75, 3.05) is 25.0 Å². The average molecular weight is 496 g/mol. The molecule has 1 aromatic heterocycles. The van der Waals surface area contributed by atoms with Gasteiger partial charge in [0, 0.05) is 23.1 Å². The lowest BCUT2D eigenvalue weighted by Gasteiger charge is -2.14. The number of hydrogen-bond acceptors (Lipinski definition) is 4. The summed E-state index contributed by atoms with van der Waals surface area (Å²) in [5.41, 5.74) is 3.21. The third-order valence-electron chi connectivity index (χ3n) is 4.15. The molecule has 3 rings (SSSR count). The Kier molecular flexibility index (Phi) is 7.55. The Morgan fingerprint density at radius 3 is 2.74 bits per heavy atom. The Labute approximate surface area is 176 Å². The zero-order valence-corrected chi connectivity index (χ0v) is 18.5. The highest BCUT2D eigenvalue weighted by Gasteiger charge is 2.09. The van der Waals surface area contributed by atoms with Gasteiger partial charge in [-0.05, 0) is 66.5 Å². The third-order valence-corrected chi connectivity index (χ3v) is 5.20. The van der Waals surface area contributed by atoms with E-state index in [2.05, 4.69) is 58.5 Å². The Morgan fingerprint density at radius 1 is 1.11 bits per heavy atom. The van der Waals surface area contributed by atoms with Crippen LogP contribution in [0.1, 0.15) is 25.3 Å². The molecule has 0 bridgehead atoms. The van der Waals surface area contributed by atoms with Crippen LogP contribution < -0.4 is 15.4 Å². The second-order valence-electron chi connectivity index (χ2n) is 6.22. The minimum Gasteiger partial charge on any atom is -0.492 e. The molecule has 3 N–H and O–H groups in total. The molecule has 1 heterocycles. The number of anilines is 1. The number of para-hydroxylation sites is 2. The van der Waals surface area contributed by atoms with Crippen molar-refractivity contribution in [3.63, 3.8) is 0 Å². The van der Waals surface area contributed by atoms with Gasteiger partial charge in [-0.15, -0.1) is 0 Å². The first-order valence-corrected chi connectivity index (χ1v) is 10.8. The molecule has 144 valence electrons. The summed E-state index contributed by atoms with van der Waals surface area (Å²) in [6.07, 6.45) is 2.16. The Morgan fingerprint density at radius 2 is 1.93 bits per heavy atom. The van der Waals surface area contributed by atoms with Crippen molar-refractivity contribution in [2.24, 2.45) is 0 Å².